The Morgan fingerprint density at radius 1 is 1.30 bits per heavy atom. The predicted octanol–water partition coefficient (Wildman–Crippen LogP) is 1.83. The van der Waals surface area contributed by atoms with Crippen molar-refractivity contribution in [1.82, 2.24) is 10.2 Å². The number of methoxy groups -OCH3 is 2. The normalized spacial score (nSPS) is 17.3. The number of halogens is 1. The highest BCUT2D eigenvalue weighted by Gasteiger charge is 2.26. The standard InChI is InChI=1S/C14H18ClN3O2/c1-19-12-4-3-10(13(15)14(12)20-2)11(9-16)18-7-5-17-6-8-18/h3-4,11,17H,5-8H2,1-2H3. The zero-order valence-electron chi connectivity index (χ0n) is 11.6. The van der Waals surface area contributed by atoms with Crippen molar-refractivity contribution in [2.45, 2.75) is 6.04 Å². The lowest BCUT2D eigenvalue weighted by molar-refractivity contribution is 0.207. The number of rotatable bonds is 4. The molecule has 2 rings (SSSR count). The predicted molar refractivity (Wildman–Crippen MR) is 77.4 cm³/mol. The molecule has 0 radical (unpaired) electrons. The van der Waals surface area contributed by atoms with Gasteiger partial charge >= 0.3 is 0 Å². The summed E-state index contributed by atoms with van der Waals surface area (Å²) in [4.78, 5) is 2.11. The average molecular weight is 296 g/mol. The molecule has 0 aromatic heterocycles. The van der Waals surface area contributed by atoms with Crippen molar-refractivity contribution in [3.05, 3.63) is 22.7 Å². The summed E-state index contributed by atoms with van der Waals surface area (Å²) in [5.41, 5.74) is 0.758. The Morgan fingerprint density at radius 3 is 2.55 bits per heavy atom. The van der Waals surface area contributed by atoms with Gasteiger partial charge in [-0.15, -0.1) is 0 Å². The average Bonchev–Trinajstić information content (AvgIpc) is 2.50. The van der Waals surface area contributed by atoms with Gasteiger partial charge in [-0.2, -0.15) is 5.26 Å². The molecule has 0 aliphatic carbocycles. The number of ether oxygens (including phenoxy) is 2. The van der Waals surface area contributed by atoms with Gasteiger partial charge in [0, 0.05) is 31.7 Å². The minimum absolute atomic E-state index is 0.371. The highest BCUT2D eigenvalue weighted by Crippen LogP contribution is 2.40. The van der Waals surface area contributed by atoms with E-state index in [4.69, 9.17) is 21.1 Å². The van der Waals surface area contributed by atoms with E-state index in [9.17, 15) is 5.26 Å². The Hall–Kier alpha value is -1.48. The van der Waals surface area contributed by atoms with E-state index in [1.807, 2.05) is 6.07 Å². The van der Waals surface area contributed by atoms with Gasteiger partial charge in [0.2, 0.25) is 0 Å². The van der Waals surface area contributed by atoms with E-state index in [1.165, 1.54) is 0 Å². The third kappa shape index (κ3) is 2.83. The molecule has 1 unspecified atom stereocenters. The SMILES string of the molecule is COc1ccc(C(C#N)N2CCNCC2)c(Cl)c1OC. The van der Waals surface area contributed by atoms with E-state index in [0.29, 0.717) is 16.5 Å². The van der Waals surface area contributed by atoms with Crippen LogP contribution < -0.4 is 14.8 Å². The molecule has 108 valence electrons. The highest BCUT2D eigenvalue weighted by molar-refractivity contribution is 6.33. The summed E-state index contributed by atoms with van der Waals surface area (Å²) in [6, 6.07) is 5.58. The number of piperazine rings is 1. The minimum Gasteiger partial charge on any atom is -0.493 e. The fourth-order valence-electron chi connectivity index (χ4n) is 2.40. The fraction of sp³-hybridized carbons (Fsp3) is 0.500. The molecule has 1 aliphatic heterocycles. The van der Waals surface area contributed by atoms with Crippen LogP contribution in [0.25, 0.3) is 0 Å². The summed E-state index contributed by atoms with van der Waals surface area (Å²) < 4.78 is 10.5. The van der Waals surface area contributed by atoms with E-state index in [-0.39, 0.29) is 6.04 Å². The zero-order valence-corrected chi connectivity index (χ0v) is 12.4. The molecule has 6 heteroatoms. The summed E-state index contributed by atoms with van der Waals surface area (Å²) in [6.07, 6.45) is 0. The second-order valence-corrected chi connectivity index (χ2v) is 4.90. The maximum absolute atomic E-state index is 9.50. The number of nitrogens with one attached hydrogen (secondary N) is 1. The Bertz CT molecular complexity index is 510. The Morgan fingerprint density at radius 2 is 2.00 bits per heavy atom. The van der Waals surface area contributed by atoms with E-state index >= 15 is 0 Å². The van der Waals surface area contributed by atoms with E-state index < -0.39 is 0 Å². The lowest BCUT2D eigenvalue weighted by atomic mass is 10.0. The van der Waals surface area contributed by atoms with Crippen LogP contribution in [0.1, 0.15) is 11.6 Å². The molecule has 1 aromatic rings. The van der Waals surface area contributed by atoms with E-state index in [2.05, 4.69) is 16.3 Å². The van der Waals surface area contributed by atoms with Crippen LogP contribution in [0.3, 0.4) is 0 Å². The van der Waals surface area contributed by atoms with Gasteiger partial charge in [-0.1, -0.05) is 17.7 Å². The van der Waals surface area contributed by atoms with Crippen LogP contribution in [0.4, 0.5) is 0 Å². The van der Waals surface area contributed by atoms with Crippen LogP contribution in [-0.2, 0) is 0 Å². The van der Waals surface area contributed by atoms with Crippen LogP contribution in [0, 0.1) is 11.3 Å². The third-order valence-corrected chi connectivity index (χ3v) is 3.84. The van der Waals surface area contributed by atoms with Crippen LogP contribution in [0.2, 0.25) is 5.02 Å². The Labute approximate surface area is 124 Å². The molecule has 1 heterocycles. The van der Waals surface area contributed by atoms with Gasteiger partial charge in [-0.3, -0.25) is 4.90 Å². The van der Waals surface area contributed by atoms with Crippen molar-refractivity contribution >= 4 is 11.6 Å². The molecule has 1 atom stereocenters. The summed E-state index contributed by atoms with van der Waals surface area (Å²) >= 11 is 6.39. The van der Waals surface area contributed by atoms with Gasteiger partial charge in [0.1, 0.15) is 6.04 Å². The van der Waals surface area contributed by atoms with Crippen LogP contribution in [-0.4, -0.2) is 45.3 Å². The molecule has 0 saturated carbocycles. The molecule has 0 spiro atoms. The van der Waals surface area contributed by atoms with Gasteiger partial charge in [0.05, 0.1) is 25.3 Å². The first-order chi connectivity index (χ1) is 9.72. The first kappa shape index (κ1) is 14.9. The van der Waals surface area contributed by atoms with Crippen LogP contribution in [0.5, 0.6) is 11.5 Å². The number of nitriles is 1. The number of benzene rings is 1. The van der Waals surface area contributed by atoms with Gasteiger partial charge in [0.15, 0.2) is 11.5 Å². The summed E-state index contributed by atoms with van der Waals surface area (Å²) in [7, 11) is 3.10. The van der Waals surface area contributed by atoms with Crippen molar-refractivity contribution in [3.63, 3.8) is 0 Å². The number of nitrogens with zero attached hydrogens (tertiary/aromatic N) is 2. The molecule has 0 bridgehead atoms. The Balaban J connectivity index is 2.37. The quantitative estimate of drug-likeness (QED) is 0.918. The largest absolute Gasteiger partial charge is 0.493 e. The van der Waals surface area contributed by atoms with Gasteiger partial charge in [-0.05, 0) is 6.07 Å². The van der Waals surface area contributed by atoms with Gasteiger partial charge in [0.25, 0.3) is 0 Å². The minimum atomic E-state index is -0.371. The first-order valence-electron chi connectivity index (χ1n) is 6.47. The molecular weight excluding hydrogens is 278 g/mol. The second-order valence-electron chi connectivity index (χ2n) is 4.52. The van der Waals surface area contributed by atoms with Crippen molar-refractivity contribution in [1.29, 1.82) is 5.26 Å². The molecule has 5 nitrogen and oxygen atoms in total. The molecule has 1 aromatic carbocycles. The first-order valence-corrected chi connectivity index (χ1v) is 6.85. The molecular formula is C14H18ClN3O2. The van der Waals surface area contributed by atoms with Crippen molar-refractivity contribution in [2.75, 3.05) is 40.4 Å². The van der Waals surface area contributed by atoms with Gasteiger partial charge in [-0.25, -0.2) is 0 Å². The highest BCUT2D eigenvalue weighted by atomic mass is 35.5. The third-order valence-electron chi connectivity index (χ3n) is 3.45. The number of hydrogen-bond acceptors (Lipinski definition) is 5. The molecule has 1 aliphatic rings. The molecule has 1 N–H and O–H groups in total. The van der Waals surface area contributed by atoms with Crippen LogP contribution >= 0.6 is 11.6 Å². The summed E-state index contributed by atoms with van der Waals surface area (Å²) in [6.45, 7) is 3.40. The zero-order chi connectivity index (χ0) is 14.5. The maximum Gasteiger partial charge on any atom is 0.179 e. The van der Waals surface area contributed by atoms with Crippen molar-refractivity contribution in [3.8, 4) is 17.6 Å². The summed E-state index contributed by atoms with van der Waals surface area (Å²) in [5, 5.41) is 13.2. The monoisotopic (exact) mass is 295 g/mol. The Kier molecular flexibility index (Phi) is 5.07. The van der Waals surface area contributed by atoms with E-state index in [1.54, 1.807) is 20.3 Å². The second kappa shape index (κ2) is 6.80. The molecule has 1 fully saturated rings. The van der Waals surface area contributed by atoms with E-state index in [0.717, 1.165) is 31.7 Å². The molecule has 1 saturated heterocycles. The topological polar surface area (TPSA) is 57.5 Å². The smallest absolute Gasteiger partial charge is 0.179 e. The molecule has 0 amide bonds. The maximum atomic E-state index is 9.50. The van der Waals surface area contributed by atoms with Crippen LogP contribution in [0.15, 0.2) is 12.1 Å². The summed E-state index contributed by atoms with van der Waals surface area (Å²) in [5.74, 6) is 1.04. The van der Waals surface area contributed by atoms with Crippen molar-refractivity contribution < 1.29 is 9.47 Å². The lowest BCUT2D eigenvalue weighted by Gasteiger charge is -2.31. The number of hydrogen-bond donors (Lipinski definition) is 1. The fourth-order valence-corrected chi connectivity index (χ4v) is 2.74. The molecule has 20 heavy (non-hydrogen) atoms. The van der Waals surface area contributed by atoms with Crippen molar-refractivity contribution in [2.24, 2.45) is 0 Å². The van der Waals surface area contributed by atoms with Gasteiger partial charge < -0.3 is 14.8 Å². The lowest BCUT2D eigenvalue weighted by Crippen LogP contribution is -2.44.